The first-order valence-corrected chi connectivity index (χ1v) is 7.77. The van der Waals surface area contributed by atoms with Gasteiger partial charge in [0.25, 0.3) is 0 Å². The van der Waals surface area contributed by atoms with Gasteiger partial charge >= 0.3 is 6.03 Å². The van der Waals surface area contributed by atoms with Crippen LogP contribution in [0.3, 0.4) is 0 Å². The van der Waals surface area contributed by atoms with Crippen LogP contribution in [-0.4, -0.2) is 27.8 Å². The zero-order chi connectivity index (χ0) is 16.7. The molecule has 0 aliphatic carbocycles. The van der Waals surface area contributed by atoms with Crippen LogP contribution in [0.4, 0.5) is 10.5 Å². The molecular weight excluding hydrogens is 294 g/mol. The summed E-state index contributed by atoms with van der Waals surface area (Å²) in [6, 6.07) is 6.71. The number of nitrogens with one attached hydrogen (secondary N) is 3. The zero-order valence-corrected chi connectivity index (χ0v) is 13.7. The molecule has 3 N–H and O–H groups in total. The highest BCUT2D eigenvalue weighted by atomic mass is 16.5. The summed E-state index contributed by atoms with van der Waals surface area (Å²) in [7, 11) is 0. The Labute approximate surface area is 135 Å². The minimum Gasteiger partial charge on any atom is -0.494 e. The smallest absolute Gasteiger partial charge is 0.319 e. The summed E-state index contributed by atoms with van der Waals surface area (Å²) in [5.74, 6) is 2.07. The molecule has 0 aliphatic heterocycles. The van der Waals surface area contributed by atoms with E-state index in [-0.39, 0.29) is 12.1 Å². The molecule has 7 heteroatoms. The molecule has 0 bridgehead atoms. The molecule has 124 valence electrons. The number of rotatable bonds is 7. The zero-order valence-electron chi connectivity index (χ0n) is 13.7. The Morgan fingerprint density at radius 3 is 2.70 bits per heavy atom. The Balaban J connectivity index is 1.82. The number of hydrogen-bond acceptors (Lipinski definition) is 4. The van der Waals surface area contributed by atoms with Crippen molar-refractivity contribution < 1.29 is 9.53 Å². The van der Waals surface area contributed by atoms with Crippen molar-refractivity contribution in [2.75, 3.05) is 11.9 Å². The number of aromatic amines is 1. The number of hydrogen-bond donors (Lipinski definition) is 3. The van der Waals surface area contributed by atoms with E-state index < -0.39 is 0 Å². The van der Waals surface area contributed by atoms with Gasteiger partial charge in [-0.2, -0.15) is 5.10 Å². The van der Waals surface area contributed by atoms with Crippen molar-refractivity contribution in [1.82, 2.24) is 20.5 Å². The van der Waals surface area contributed by atoms with Crippen molar-refractivity contribution in [2.45, 2.75) is 39.7 Å². The predicted octanol–water partition coefficient (Wildman–Crippen LogP) is 3.17. The van der Waals surface area contributed by atoms with Crippen molar-refractivity contribution in [3.05, 3.63) is 35.9 Å². The molecule has 2 amide bonds. The van der Waals surface area contributed by atoms with E-state index in [1.165, 1.54) is 0 Å². The Bertz CT molecular complexity index is 624. The van der Waals surface area contributed by atoms with Crippen molar-refractivity contribution in [3.8, 4) is 5.75 Å². The van der Waals surface area contributed by atoms with Gasteiger partial charge in [-0.15, -0.1) is 0 Å². The molecule has 2 rings (SSSR count). The van der Waals surface area contributed by atoms with Crippen molar-refractivity contribution in [3.63, 3.8) is 0 Å². The highest BCUT2D eigenvalue weighted by Gasteiger charge is 2.13. The number of aryl methyl sites for hydroxylation is 1. The van der Waals surface area contributed by atoms with Crippen LogP contribution >= 0.6 is 0 Å². The predicted molar refractivity (Wildman–Crippen MR) is 88.5 cm³/mol. The highest BCUT2D eigenvalue weighted by molar-refractivity contribution is 5.89. The number of nitrogens with zero attached hydrogens (tertiary/aromatic N) is 2. The standard InChI is InChI=1S/C16H23N5O2/c1-4-5-10-23-14-8-6-13(7-9-14)19-16(22)17-11(2)15-18-12(3)20-21-15/h6-9,11H,4-5,10H2,1-3H3,(H2,17,19,22)(H,18,20,21)/t11-/m1/s1. The number of unbranched alkanes of at least 4 members (excludes halogenated alkanes) is 1. The lowest BCUT2D eigenvalue weighted by atomic mass is 10.3. The minimum atomic E-state index is -0.306. The van der Waals surface area contributed by atoms with Gasteiger partial charge in [0.2, 0.25) is 0 Å². The lowest BCUT2D eigenvalue weighted by Gasteiger charge is -2.12. The van der Waals surface area contributed by atoms with Crippen molar-refractivity contribution in [2.24, 2.45) is 0 Å². The molecule has 2 aromatic rings. The minimum absolute atomic E-state index is 0.281. The first kappa shape index (κ1) is 16.8. The van der Waals surface area contributed by atoms with E-state index in [1.54, 1.807) is 0 Å². The van der Waals surface area contributed by atoms with Gasteiger partial charge in [-0.3, -0.25) is 5.10 Å². The quantitative estimate of drug-likeness (QED) is 0.684. The Morgan fingerprint density at radius 1 is 1.35 bits per heavy atom. The molecule has 0 aliphatic rings. The molecule has 1 atom stereocenters. The Morgan fingerprint density at radius 2 is 2.09 bits per heavy atom. The van der Waals surface area contributed by atoms with Gasteiger partial charge in [0.1, 0.15) is 11.6 Å². The summed E-state index contributed by atoms with van der Waals surface area (Å²) >= 11 is 0. The molecule has 0 saturated heterocycles. The maximum atomic E-state index is 12.0. The van der Waals surface area contributed by atoms with E-state index in [0.717, 1.165) is 18.6 Å². The summed E-state index contributed by atoms with van der Waals surface area (Å²) < 4.78 is 5.58. The SMILES string of the molecule is CCCCOc1ccc(NC(=O)N[C@H](C)c2n[nH]c(C)n2)cc1. The number of benzene rings is 1. The van der Waals surface area contributed by atoms with Crippen LogP contribution in [0.2, 0.25) is 0 Å². The third-order valence-electron chi connectivity index (χ3n) is 3.23. The maximum absolute atomic E-state index is 12.0. The number of urea groups is 1. The van der Waals surface area contributed by atoms with Crippen LogP contribution in [0.5, 0.6) is 5.75 Å². The molecule has 7 nitrogen and oxygen atoms in total. The average molecular weight is 317 g/mol. The van der Waals surface area contributed by atoms with Gasteiger partial charge in [0.15, 0.2) is 5.82 Å². The second kappa shape index (κ2) is 8.17. The van der Waals surface area contributed by atoms with Crippen LogP contribution in [0.25, 0.3) is 0 Å². The lowest BCUT2D eigenvalue weighted by molar-refractivity contribution is 0.249. The molecule has 0 spiro atoms. The first-order chi connectivity index (χ1) is 11.1. The topological polar surface area (TPSA) is 91.9 Å². The third-order valence-corrected chi connectivity index (χ3v) is 3.23. The van der Waals surface area contributed by atoms with E-state index in [4.69, 9.17) is 4.74 Å². The molecule has 0 radical (unpaired) electrons. The number of anilines is 1. The first-order valence-electron chi connectivity index (χ1n) is 7.77. The van der Waals surface area contributed by atoms with E-state index >= 15 is 0 Å². The van der Waals surface area contributed by atoms with E-state index in [9.17, 15) is 4.79 Å². The highest BCUT2D eigenvalue weighted by Crippen LogP contribution is 2.16. The number of carbonyl (C=O) groups excluding carboxylic acids is 1. The van der Waals surface area contributed by atoms with E-state index in [0.29, 0.717) is 23.9 Å². The Hall–Kier alpha value is -2.57. The number of carbonyl (C=O) groups is 1. The third kappa shape index (κ3) is 5.28. The summed E-state index contributed by atoms with van der Waals surface area (Å²) in [5.41, 5.74) is 0.698. The van der Waals surface area contributed by atoms with Gasteiger partial charge in [-0.1, -0.05) is 13.3 Å². The number of ether oxygens (including phenoxy) is 1. The second-order valence-corrected chi connectivity index (χ2v) is 5.33. The molecule has 1 heterocycles. The van der Waals surface area contributed by atoms with Crippen LogP contribution in [-0.2, 0) is 0 Å². The molecule has 0 unspecified atom stereocenters. The normalized spacial score (nSPS) is 11.8. The molecular formula is C16H23N5O2. The van der Waals surface area contributed by atoms with Crippen LogP contribution in [0.15, 0.2) is 24.3 Å². The summed E-state index contributed by atoms with van der Waals surface area (Å²) in [6.45, 7) is 6.47. The second-order valence-electron chi connectivity index (χ2n) is 5.33. The summed E-state index contributed by atoms with van der Waals surface area (Å²) in [4.78, 5) is 16.2. The molecule has 1 aromatic carbocycles. The lowest BCUT2D eigenvalue weighted by Crippen LogP contribution is -2.31. The monoisotopic (exact) mass is 317 g/mol. The van der Waals surface area contributed by atoms with Crippen LogP contribution in [0, 0.1) is 6.92 Å². The summed E-state index contributed by atoms with van der Waals surface area (Å²) in [6.07, 6.45) is 2.13. The van der Waals surface area contributed by atoms with Crippen molar-refractivity contribution >= 4 is 11.7 Å². The van der Waals surface area contributed by atoms with Crippen molar-refractivity contribution in [1.29, 1.82) is 0 Å². The molecule has 23 heavy (non-hydrogen) atoms. The fraction of sp³-hybridized carbons (Fsp3) is 0.438. The fourth-order valence-electron chi connectivity index (χ4n) is 1.95. The average Bonchev–Trinajstić information content (AvgIpc) is 2.96. The largest absolute Gasteiger partial charge is 0.494 e. The molecule has 1 aromatic heterocycles. The van der Waals surface area contributed by atoms with E-state index in [2.05, 4.69) is 32.7 Å². The number of H-pyrrole nitrogens is 1. The Kier molecular flexibility index (Phi) is 5.96. The summed E-state index contributed by atoms with van der Waals surface area (Å²) in [5, 5.41) is 12.3. The molecule has 0 saturated carbocycles. The van der Waals surface area contributed by atoms with Gasteiger partial charge in [0.05, 0.1) is 12.6 Å². The van der Waals surface area contributed by atoms with E-state index in [1.807, 2.05) is 38.1 Å². The van der Waals surface area contributed by atoms with Crippen LogP contribution in [0.1, 0.15) is 44.4 Å². The number of amides is 2. The van der Waals surface area contributed by atoms with Gasteiger partial charge in [-0.25, -0.2) is 9.78 Å². The van der Waals surface area contributed by atoms with Gasteiger partial charge < -0.3 is 15.4 Å². The maximum Gasteiger partial charge on any atom is 0.319 e. The molecule has 0 fully saturated rings. The number of aromatic nitrogens is 3. The van der Waals surface area contributed by atoms with Crippen LogP contribution < -0.4 is 15.4 Å². The van der Waals surface area contributed by atoms with Gasteiger partial charge in [-0.05, 0) is 44.5 Å². The van der Waals surface area contributed by atoms with Gasteiger partial charge in [0, 0.05) is 5.69 Å². The fourth-order valence-corrected chi connectivity index (χ4v) is 1.95.